The number of hydrogen-bond acceptors (Lipinski definition) is 7. The van der Waals surface area contributed by atoms with Crippen LogP contribution in [0.5, 0.6) is 0 Å². The SMILES string of the molecule is Cc1cnc(N2CCC(c3nnc4ccc(-n5cccn5)nn34)CC2)cn1. The highest BCUT2D eigenvalue weighted by Crippen LogP contribution is 2.28. The average molecular weight is 361 g/mol. The molecule has 0 unspecified atom stereocenters. The Kier molecular flexibility index (Phi) is 3.77. The van der Waals surface area contributed by atoms with E-state index in [2.05, 4.69) is 30.2 Å². The normalized spacial score (nSPS) is 15.5. The molecule has 0 saturated carbocycles. The Morgan fingerprint density at radius 1 is 1.00 bits per heavy atom. The Labute approximate surface area is 155 Å². The molecule has 0 atom stereocenters. The van der Waals surface area contributed by atoms with Gasteiger partial charge in [-0.1, -0.05) is 0 Å². The lowest BCUT2D eigenvalue weighted by Gasteiger charge is -2.31. The van der Waals surface area contributed by atoms with Crippen LogP contribution in [0.4, 0.5) is 5.82 Å². The van der Waals surface area contributed by atoms with E-state index in [1.807, 2.05) is 48.2 Å². The maximum Gasteiger partial charge on any atom is 0.178 e. The minimum atomic E-state index is 0.315. The maximum absolute atomic E-state index is 4.70. The molecule has 0 aromatic carbocycles. The van der Waals surface area contributed by atoms with Crippen molar-refractivity contribution in [1.82, 2.24) is 39.6 Å². The Morgan fingerprint density at radius 2 is 1.89 bits per heavy atom. The molecular formula is C18H19N9. The summed E-state index contributed by atoms with van der Waals surface area (Å²) in [5, 5.41) is 17.7. The number of piperidine rings is 1. The summed E-state index contributed by atoms with van der Waals surface area (Å²) >= 11 is 0. The van der Waals surface area contributed by atoms with E-state index in [0.717, 1.165) is 54.7 Å². The minimum absolute atomic E-state index is 0.315. The zero-order chi connectivity index (χ0) is 18.2. The lowest BCUT2D eigenvalue weighted by atomic mass is 9.96. The van der Waals surface area contributed by atoms with Crippen LogP contribution in [0.2, 0.25) is 0 Å². The number of anilines is 1. The smallest absolute Gasteiger partial charge is 0.178 e. The van der Waals surface area contributed by atoms with E-state index in [1.54, 1.807) is 10.9 Å². The van der Waals surface area contributed by atoms with Crippen LogP contribution in [-0.4, -0.2) is 52.6 Å². The Morgan fingerprint density at radius 3 is 2.63 bits per heavy atom. The molecular weight excluding hydrogens is 342 g/mol. The zero-order valence-corrected chi connectivity index (χ0v) is 15.0. The van der Waals surface area contributed by atoms with Gasteiger partial charge < -0.3 is 4.90 Å². The molecule has 0 spiro atoms. The Hall–Kier alpha value is -3.36. The van der Waals surface area contributed by atoms with E-state index >= 15 is 0 Å². The molecule has 1 fully saturated rings. The maximum atomic E-state index is 4.70. The highest BCUT2D eigenvalue weighted by atomic mass is 15.4. The topological polar surface area (TPSA) is 89.9 Å². The number of fused-ring (bicyclic) bond motifs is 1. The van der Waals surface area contributed by atoms with Crippen LogP contribution < -0.4 is 4.90 Å². The van der Waals surface area contributed by atoms with Gasteiger partial charge in [0.1, 0.15) is 5.82 Å². The van der Waals surface area contributed by atoms with E-state index in [-0.39, 0.29) is 0 Å². The molecule has 27 heavy (non-hydrogen) atoms. The van der Waals surface area contributed by atoms with Gasteiger partial charge in [-0.15, -0.1) is 15.3 Å². The van der Waals surface area contributed by atoms with Crippen molar-refractivity contribution in [2.24, 2.45) is 0 Å². The first-order chi connectivity index (χ1) is 13.3. The molecule has 0 N–H and O–H groups in total. The van der Waals surface area contributed by atoms with Crippen molar-refractivity contribution in [3.63, 3.8) is 0 Å². The fraction of sp³-hybridized carbons (Fsp3) is 0.333. The lowest BCUT2D eigenvalue weighted by molar-refractivity contribution is 0.474. The van der Waals surface area contributed by atoms with Crippen molar-refractivity contribution >= 4 is 11.5 Å². The van der Waals surface area contributed by atoms with Gasteiger partial charge in [0.25, 0.3) is 0 Å². The van der Waals surface area contributed by atoms with Gasteiger partial charge in [0.2, 0.25) is 0 Å². The van der Waals surface area contributed by atoms with Gasteiger partial charge in [-0.2, -0.15) is 9.61 Å². The van der Waals surface area contributed by atoms with Crippen molar-refractivity contribution in [2.45, 2.75) is 25.7 Å². The summed E-state index contributed by atoms with van der Waals surface area (Å²) in [6, 6.07) is 5.71. The largest absolute Gasteiger partial charge is 0.355 e. The van der Waals surface area contributed by atoms with Gasteiger partial charge in [0, 0.05) is 31.4 Å². The van der Waals surface area contributed by atoms with Gasteiger partial charge >= 0.3 is 0 Å². The second-order valence-corrected chi connectivity index (χ2v) is 6.75. The molecule has 9 nitrogen and oxygen atoms in total. The fourth-order valence-corrected chi connectivity index (χ4v) is 3.49. The summed E-state index contributed by atoms with van der Waals surface area (Å²) in [5.41, 5.74) is 1.69. The van der Waals surface area contributed by atoms with Crippen LogP contribution in [0.15, 0.2) is 43.0 Å². The number of hydrogen-bond donors (Lipinski definition) is 0. The van der Waals surface area contributed by atoms with Gasteiger partial charge in [0.05, 0.1) is 18.1 Å². The van der Waals surface area contributed by atoms with E-state index in [4.69, 9.17) is 5.10 Å². The first-order valence-electron chi connectivity index (χ1n) is 9.04. The van der Waals surface area contributed by atoms with Crippen molar-refractivity contribution < 1.29 is 0 Å². The molecule has 0 radical (unpaired) electrons. The molecule has 4 aromatic rings. The molecule has 0 amide bonds. The molecule has 0 aliphatic carbocycles. The second kappa shape index (κ2) is 6.42. The first kappa shape index (κ1) is 15.9. The summed E-state index contributed by atoms with van der Waals surface area (Å²) < 4.78 is 3.59. The molecule has 5 rings (SSSR count). The minimum Gasteiger partial charge on any atom is -0.355 e. The summed E-state index contributed by atoms with van der Waals surface area (Å²) in [6.07, 6.45) is 9.23. The second-order valence-electron chi connectivity index (χ2n) is 6.75. The van der Waals surface area contributed by atoms with Gasteiger partial charge in [0.15, 0.2) is 17.3 Å². The van der Waals surface area contributed by atoms with Gasteiger partial charge in [-0.3, -0.25) is 4.98 Å². The molecule has 4 aromatic heterocycles. The van der Waals surface area contributed by atoms with Crippen molar-refractivity contribution in [1.29, 1.82) is 0 Å². The van der Waals surface area contributed by atoms with Crippen LogP contribution >= 0.6 is 0 Å². The number of nitrogens with zero attached hydrogens (tertiary/aromatic N) is 9. The van der Waals surface area contributed by atoms with E-state index in [0.29, 0.717) is 5.92 Å². The molecule has 5 heterocycles. The first-order valence-corrected chi connectivity index (χ1v) is 9.04. The van der Waals surface area contributed by atoms with Crippen molar-refractivity contribution in [3.8, 4) is 5.82 Å². The van der Waals surface area contributed by atoms with Crippen molar-refractivity contribution in [3.05, 3.63) is 54.5 Å². The summed E-state index contributed by atoms with van der Waals surface area (Å²) in [7, 11) is 0. The Balaban J connectivity index is 1.38. The fourth-order valence-electron chi connectivity index (χ4n) is 3.49. The average Bonchev–Trinajstić information content (AvgIpc) is 3.38. The summed E-state index contributed by atoms with van der Waals surface area (Å²) in [6.45, 7) is 3.77. The van der Waals surface area contributed by atoms with Crippen LogP contribution in [0.25, 0.3) is 11.5 Å². The quantitative estimate of drug-likeness (QED) is 0.549. The van der Waals surface area contributed by atoms with E-state index < -0.39 is 0 Å². The monoisotopic (exact) mass is 361 g/mol. The third kappa shape index (κ3) is 2.90. The van der Waals surface area contributed by atoms with E-state index in [9.17, 15) is 0 Å². The molecule has 1 aliphatic heterocycles. The van der Waals surface area contributed by atoms with Gasteiger partial charge in [-0.25, -0.2) is 9.67 Å². The highest BCUT2D eigenvalue weighted by Gasteiger charge is 2.26. The molecule has 9 heteroatoms. The highest BCUT2D eigenvalue weighted by molar-refractivity contribution is 5.40. The third-order valence-corrected chi connectivity index (χ3v) is 4.96. The van der Waals surface area contributed by atoms with Crippen LogP contribution in [0.1, 0.15) is 30.3 Å². The predicted molar refractivity (Wildman–Crippen MR) is 98.9 cm³/mol. The van der Waals surface area contributed by atoms with Crippen molar-refractivity contribution in [2.75, 3.05) is 18.0 Å². The summed E-state index contributed by atoms with van der Waals surface area (Å²) in [4.78, 5) is 11.1. The molecule has 0 bridgehead atoms. The molecule has 136 valence electrons. The standard InChI is InChI=1S/C18H19N9/c1-13-11-20-17(12-19-13)25-9-5-14(6-10-25)18-23-22-15-3-4-16(24-27(15)18)26-8-2-7-21-26/h2-4,7-8,11-12,14H,5-6,9-10H2,1H3. The third-order valence-electron chi connectivity index (χ3n) is 4.96. The van der Waals surface area contributed by atoms with Crippen LogP contribution in [0, 0.1) is 6.92 Å². The lowest BCUT2D eigenvalue weighted by Crippen LogP contribution is -2.34. The zero-order valence-electron chi connectivity index (χ0n) is 15.0. The van der Waals surface area contributed by atoms with Crippen LogP contribution in [0.3, 0.4) is 0 Å². The number of aryl methyl sites for hydroxylation is 1. The summed E-state index contributed by atoms with van der Waals surface area (Å²) in [5.74, 6) is 2.91. The van der Waals surface area contributed by atoms with Gasteiger partial charge in [-0.05, 0) is 38.0 Å². The molecule has 1 saturated heterocycles. The molecule has 1 aliphatic rings. The number of aromatic nitrogens is 8. The Bertz CT molecular complexity index is 1040. The van der Waals surface area contributed by atoms with E-state index in [1.165, 1.54) is 0 Å². The number of rotatable bonds is 3. The predicted octanol–water partition coefficient (Wildman–Crippen LogP) is 1.79. The van der Waals surface area contributed by atoms with Crippen LogP contribution in [-0.2, 0) is 0 Å².